The molecule has 3 aromatic heterocycles. The van der Waals surface area contributed by atoms with Gasteiger partial charge in [0.2, 0.25) is 0 Å². The van der Waals surface area contributed by atoms with Crippen LogP contribution in [0.5, 0.6) is 11.5 Å². The molecule has 9 heteroatoms. The Balaban J connectivity index is 1.73. The van der Waals surface area contributed by atoms with Gasteiger partial charge >= 0.3 is 0 Å². The summed E-state index contributed by atoms with van der Waals surface area (Å²) in [5.74, 6) is 1.40. The van der Waals surface area contributed by atoms with E-state index in [1.165, 1.54) is 23.7 Å². The monoisotopic (exact) mass is 444 g/mol. The fourth-order valence-electron chi connectivity index (χ4n) is 3.05. The molecule has 0 fully saturated rings. The van der Waals surface area contributed by atoms with Crippen molar-refractivity contribution in [2.75, 3.05) is 6.54 Å². The molecule has 160 valence electrons. The minimum absolute atomic E-state index is 0.0796. The number of nitrogens with zero attached hydrogens (tertiary/aromatic N) is 5. The van der Waals surface area contributed by atoms with Crippen molar-refractivity contribution < 1.29 is 9.84 Å². The molecule has 0 aliphatic rings. The summed E-state index contributed by atoms with van der Waals surface area (Å²) in [6.45, 7) is 3.90. The number of aliphatic hydroxyl groups is 1. The van der Waals surface area contributed by atoms with Crippen LogP contribution in [-0.4, -0.2) is 31.6 Å². The fraction of sp³-hybridized carbons (Fsp3) is 0.174. The predicted octanol–water partition coefficient (Wildman–Crippen LogP) is 3.94. The molecule has 0 aliphatic carbocycles. The van der Waals surface area contributed by atoms with Crippen LogP contribution in [0.4, 0.5) is 0 Å². The van der Waals surface area contributed by atoms with Crippen LogP contribution in [0.25, 0.3) is 22.1 Å². The quantitative estimate of drug-likeness (QED) is 0.457. The van der Waals surface area contributed by atoms with Crippen LogP contribution in [0.1, 0.15) is 28.6 Å². The molecular formula is C23H20N6O2S. The Morgan fingerprint density at radius 3 is 2.56 bits per heavy atom. The standard InChI is InChI=1S/C23H20N6O2S/c1-13-5-17(7-19(28-13)23-29-14(2)12-32-23)31-21-6-15(8-24)3-4-18(21)22-26-10-16(11-27-22)20(30)9-25/h3-7,10-12,20,30H,9,25H2,1-2H3. The second kappa shape index (κ2) is 9.20. The summed E-state index contributed by atoms with van der Waals surface area (Å²) < 4.78 is 6.19. The highest BCUT2D eigenvalue weighted by atomic mass is 32.1. The SMILES string of the molecule is Cc1cc(Oc2cc(C#N)ccc2-c2ncc(C(O)CN)cn2)cc(-c2nc(C)cs2)n1. The number of hydrogen-bond donors (Lipinski definition) is 2. The van der Waals surface area contributed by atoms with Gasteiger partial charge in [-0.1, -0.05) is 0 Å². The second-order valence-electron chi connectivity index (χ2n) is 7.14. The van der Waals surface area contributed by atoms with E-state index in [-0.39, 0.29) is 6.54 Å². The first-order valence-electron chi connectivity index (χ1n) is 9.80. The molecule has 0 spiro atoms. The van der Waals surface area contributed by atoms with Gasteiger partial charge in [-0.2, -0.15) is 5.26 Å². The van der Waals surface area contributed by atoms with Gasteiger partial charge in [-0.25, -0.2) is 15.0 Å². The van der Waals surface area contributed by atoms with Crippen LogP contribution in [0.2, 0.25) is 0 Å². The predicted molar refractivity (Wildman–Crippen MR) is 121 cm³/mol. The average molecular weight is 445 g/mol. The number of rotatable bonds is 6. The van der Waals surface area contributed by atoms with Crippen molar-refractivity contribution in [2.24, 2.45) is 5.73 Å². The molecule has 4 aromatic rings. The lowest BCUT2D eigenvalue weighted by atomic mass is 10.1. The summed E-state index contributed by atoms with van der Waals surface area (Å²) in [6.07, 6.45) is 2.23. The van der Waals surface area contributed by atoms with E-state index in [0.717, 1.165) is 16.4 Å². The van der Waals surface area contributed by atoms with Gasteiger partial charge in [-0.15, -0.1) is 11.3 Å². The van der Waals surface area contributed by atoms with Gasteiger partial charge in [0.25, 0.3) is 0 Å². The van der Waals surface area contributed by atoms with Gasteiger partial charge in [0, 0.05) is 53.4 Å². The van der Waals surface area contributed by atoms with E-state index >= 15 is 0 Å². The van der Waals surface area contributed by atoms with E-state index < -0.39 is 6.10 Å². The highest BCUT2D eigenvalue weighted by molar-refractivity contribution is 7.13. The lowest BCUT2D eigenvalue weighted by Gasteiger charge is -2.13. The number of aromatic nitrogens is 4. The van der Waals surface area contributed by atoms with Crippen molar-refractivity contribution in [3.63, 3.8) is 0 Å². The van der Waals surface area contributed by atoms with E-state index in [9.17, 15) is 10.4 Å². The summed E-state index contributed by atoms with van der Waals surface area (Å²) in [6, 6.07) is 10.8. The Morgan fingerprint density at radius 2 is 1.91 bits per heavy atom. The number of hydrogen-bond acceptors (Lipinski definition) is 9. The van der Waals surface area contributed by atoms with E-state index in [2.05, 4.69) is 26.0 Å². The smallest absolute Gasteiger partial charge is 0.162 e. The highest BCUT2D eigenvalue weighted by Gasteiger charge is 2.15. The minimum atomic E-state index is -0.826. The van der Waals surface area contributed by atoms with Crippen molar-refractivity contribution in [3.05, 3.63) is 70.6 Å². The van der Waals surface area contributed by atoms with Crippen molar-refractivity contribution in [1.29, 1.82) is 5.26 Å². The van der Waals surface area contributed by atoms with Crippen molar-refractivity contribution in [3.8, 4) is 39.7 Å². The van der Waals surface area contributed by atoms with Crippen LogP contribution in [0.3, 0.4) is 0 Å². The zero-order valence-electron chi connectivity index (χ0n) is 17.5. The Morgan fingerprint density at radius 1 is 1.12 bits per heavy atom. The van der Waals surface area contributed by atoms with Gasteiger partial charge in [-0.05, 0) is 32.0 Å². The van der Waals surface area contributed by atoms with Gasteiger partial charge in [0.15, 0.2) is 5.82 Å². The van der Waals surface area contributed by atoms with Gasteiger partial charge < -0.3 is 15.6 Å². The van der Waals surface area contributed by atoms with Crippen LogP contribution >= 0.6 is 11.3 Å². The molecule has 4 rings (SSSR count). The lowest BCUT2D eigenvalue weighted by Crippen LogP contribution is -2.12. The topological polar surface area (TPSA) is 131 Å². The molecule has 0 bridgehead atoms. The average Bonchev–Trinajstić information content (AvgIpc) is 3.24. The van der Waals surface area contributed by atoms with Crippen molar-refractivity contribution in [1.82, 2.24) is 19.9 Å². The number of nitriles is 1. The van der Waals surface area contributed by atoms with E-state index in [1.54, 1.807) is 18.2 Å². The number of aryl methyl sites for hydroxylation is 2. The zero-order valence-corrected chi connectivity index (χ0v) is 18.3. The molecule has 0 radical (unpaired) electrons. The van der Waals surface area contributed by atoms with Crippen LogP contribution in [0, 0.1) is 25.2 Å². The fourth-order valence-corrected chi connectivity index (χ4v) is 3.81. The van der Waals surface area contributed by atoms with Gasteiger partial charge in [-0.3, -0.25) is 4.98 Å². The van der Waals surface area contributed by atoms with Crippen LogP contribution < -0.4 is 10.5 Å². The molecule has 0 aliphatic heterocycles. The molecule has 1 atom stereocenters. The van der Waals surface area contributed by atoms with E-state index in [1.807, 2.05) is 31.4 Å². The summed E-state index contributed by atoms with van der Waals surface area (Å²) in [5.41, 5.74) is 9.50. The van der Waals surface area contributed by atoms with Crippen LogP contribution in [-0.2, 0) is 0 Å². The Labute approximate surface area is 189 Å². The third-order valence-corrected chi connectivity index (χ3v) is 5.61. The normalized spacial score (nSPS) is 11.7. The number of ether oxygens (including phenoxy) is 1. The molecule has 3 heterocycles. The molecule has 1 aromatic carbocycles. The lowest BCUT2D eigenvalue weighted by molar-refractivity contribution is 0.186. The highest BCUT2D eigenvalue weighted by Crippen LogP contribution is 2.34. The molecule has 0 saturated heterocycles. The summed E-state index contributed by atoms with van der Waals surface area (Å²) in [4.78, 5) is 17.8. The molecule has 3 N–H and O–H groups in total. The number of pyridine rings is 1. The van der Waals surface area contributed by atoms with Crippen LogP contribution in [0.15, 0.2) is 48.1 Å². The first-order chi connectivity index (χ1) is 15.5. The number of benzene rings is 1. The maximum Gasteiger partial charge on any atom is 0.162 e. The molecule has 8 nitrogen and oxygen atoms in total. The first kappa shape index (κ1) is 21.5. The summed E-state index contributed by atoms with van der Waals surface area (Å²) in [5, 5.41) is 22.0. The molecular weight excluding hydrogens is 424 g/mol. The second-order valence-corrected chi connectivity index (χ2v) is 8.00. The molecule has 1 unspecified atom stereocenters. The summed E-state index contributed by atoms with van der Waals surface area (Å²) in [7, 11) is 0. The van der Waals surface area contributed by atoms with Crippen molar-refractivity contribution in [2.45, 2.75) is 20.0 Å². The molecule has 32 heavy (non-hydrogen) atoms. The Hall–Kier alpha value is -3.71. The number of nitrogens with two attached hydrogens (primary N) is 1. The molecule has 0 amide bonds. The zero-order chi connectivity index (χ0) is 22.7. The Bertz CT molecular complexity index is 1300. The minimum Gasteiger partial charge on any atom is -0.456 e. The third-order valence-electron chi connectivity index (χ3n) is 4.62. The summed E-state index contributed by atoms with van der Waals surface area (Å²) >= 11 is 1.52. The Kier molecular flexibility index (Phi) is 6.18. The van der Waals surface area contributed by atoms with E-state index in [0.29, 0.717) is 39.7 Å². The molecule has 0 saturated carbocycles. The largest absolute Gasteiger partial charge is 0.456 e. The third kappa shape index (κ3) is 4.63. The first-order valence-corrected chi connectivity index (χ1v) is 10.7. The van der Waals surface area contributed by atoms with Gasteiger partial charge in [0.1, 0.15) is 22.2 Å². The maximum atomic E-state index is 9.88. The van der Waals surface area contributed by atoms with E-state index in [4.69, 9.17) is 10.5 Å². The maximum absolute atomic E-state index is 9.88. The van der Waals surface area contributed by atoms with Gasteiger partial charge in [0.05, 0.1) is 23.3 Å². The number of thiazole rings is 1. The number of aliphatic hydroxyl groups excluding tert-OH is 1. The van der Waals surface area contributed by atoms with Crippen molar-refractivity contribution >= 4 is 11.3 Å².